The van der Waals surface area contributed by atoms with E-state index < -0.39 is 0 Å². The predicted molar refractivity (Wildman–Crippen MR) is 97.6 cm³/mol. The summed E-state index contributed by atoms with van der Waals surface area (Å²) in [4.78, 5) is 18.8. The Morgan fingerprint density at radius 1 is 1.32 bits per heavy atom. The molecule has 1 atom stereocenters. The fourth-order valence-corrected chi connectivity index (χ4v) is 3.45. The van der Waals surface area contributed by atoms with E-state index in [4.69, 9.17) is 4.74 Å². The molecule has 0 spiro atoms. The number of ether oxygens (including phenoxy) is 1. The van der Waals surface area contributed by atoms with Crippen LogP contribution in [0.4, 0.5) is 0 Å². The molecule has 2 heterocycles. The summed E-state index contributed by atoms with van der Waals surface area (Å²) in [7, 11) is 0. The Balaban J connectivity index is 1.57. The van der Waals surface area contributed by atoms with E-state index in [2.05, 4.69) is 22.5 Å². The molecule has 0 radical (unpaired) electrons. The molecule has 0 N–H and O–H groups in total. The lowest BCUT2D eigenvalue weighted by atomic mass is 9.99. The van der Waals surface area contributed by atoms with Crippen molar-refractivity contribution < 1.29 is 9.53 Å². The van der Waals surface area contributed by atoms with Gasteiger partial charge in [0, 0.05) is 31.5 Å². The first-order chi connectivity index (χ1) is 12.1. The van der Waals surface area contributed by atoms with Crippen LogP contribution in [0.2, 0.25) is 0 Å². The van der Waals surface area contributed by atoms with Crippen LogP contribution in [0.25, 0.3) is 0 Å². The van der Waals surface area contributed by atoms with Crippen molar-refractivity contribution >= 4 is 5.91 Å². The maximum absolute atomic E-state index is 12.7. The first kappa shape index (κ1) is 17.5. The van der Waals surface area contributed by atoms with Crippen molar-refractivity contribution in [3.8, 4) is 5.75 Å². The van der Waals surface area contributed by atoms with Gasteiger partial charge in [-0.1, -0.05) is 12.1 Å². The maximum atomic E-state index is 12.7. The van der Waals surface area contributed by atoms with Crippen LogP contribution >= 0.6 is 0 Å². The second kappa shape index (κ2) is 8.19. The van der Waals surface area contributed by atoms with Gasteiger partial charge >= 0.3 is 0 Å². The zero-order valence-corrected chi connectivity index (χ0v) is 15.1. The average Bonchev–Trinajstić information content (AvgIpc) is 3.15. The molecule has 5 heteroatoms. The lowest BCUT2D eigenvalue weighted by Crippen LogP contribution is -2.46. The molecule has 1 fully saturated rings. The van der Waals surface area contributed by atoms with E-state index in [1.807, 2.05) is 36.5 Å². The number of likely N-dealkylation sites (tertiary alicyclic amines) is 1. The molecule has 25 heavy (non-hydrogen) atoms. The zero-order chi connectivity index (χ0) is 17.6. The summed E-state index contributed by atoms with van der Waals surface area (Å²) in [6.45, 7) is 5.94. The summed E-state index contributed by atoms with van der Waals surface area (Å²) < 4.78 is 7.90. The van der Waals surface area contributed by atoms with Crippen LogP contribution in [0.1, 0.15) is 36.8 Å². The number of carbonyl (C=O) groups is 1. The minimum Gasteiger partial charge on any atom is -0.483 e. The molecule has 1 aliphatic heterocycles. The highest BCUT2D eigenvalue weighted by atomic mass is 16.5. The molecule has 1 amide bonds. The molecule has 1 saturated heterocycles. The van der Waals surface area contributed by atoms with Gasteiger partial charge in [0.05, 0.1) is 6.33 Å². The van der Waals surface area contributed by atoms with E-state index in [1.165, 1.54) is 12.0 Å². The first-order valence-corrected chi connectivity index (χ1v) is 9.09. The van der Waals surface area contributed by atoms with Crippen LogP contribution < -0.4 is 4.74 Å². The summed E-state index contributed by atoms with van der Waals surface area (Å²) in [6.07, 6.45) is 9.90. The van der Waals surface area contributed by atoms with Gasteiger partial charge in [-0.05, 0) is 56.7 Å². The van der Waals surface area contributed by atoms with E-state index in [9.17, 15) is 4.79 Å². The predicted octanol–water partition coefficient (Wildman–Crippen LogP) is 3.35. The number of nitrogens with zero attached hydrogens (tertiary/aromatic N) is 3. The number of carbonyl (C=O) groups excluding carboxylic acids is 1. The molecule has 0 unspecified atom stereocenters. The highest BCUT2D eigenvalue weighted by Gasteiger charge is 2.26. The fourth-order valence-electron chi connectivity index (χ4n) is 3.45. The zero-order valence-electron chi connectivity index (χ0n) is 15.1. The Morgan fingerprint density at radius 3 is 3.00 bits per heavy atom. The normalized spacial score (nSPS) is 17.5. The van der Waals surface area contributed by atoms with Gasteiger partial charge < -0.3 is 14.2 Å². The quantitative estimate of drug-likeness (QED) is 0.809. The molecule has 2 aromatic rings. The van der Waals surface area contributed by atoms with E-state index in [-0.39, 0.29) is 12.5 Å². The summed E-state index contributed by atoms with van der Waals surface area (Å²) in [5, 5.41) is 0. The van der Waals surface area contributed by atoms with Crippen molar-refractivity contribution in [3.05, 3.63) is 48.0 Å². The summed E-state index contributed by atoms with van der Waals surface area (Å²) >= 11 is 0. The molecule has 5 nitrogen and oxygen atoms in total. The van der Waals surface area contributed by atoms with Crippen molar-refractivity contribution in [2.45, 2.75) is 52.1 Å². The standard InChI is InChI=1S/C20H27N3O2/c1-16-6-5-8-19(17(16)2)25-14-20(24)23-11-4-3-7-18(23)9-12-22-13-10-21-15-22/h5-6,8,10,13,15,18H,3-4,7,9,11-12,14H2,1-2H3/t18-/m0/s1. The van der Waals surface area contributed by atoms with Crippen molar-refractivity contribution in [2.24, 2.45) is 0 Å². The van der Waals surface area contributed by atoms with Crippen molar-refractivity contribution in [3.63, 3.8) is 0 Å². The van der Waals surface area contributed by atoms with Gasteiger partial charge in [-0.25, -0.2) is 4.98 Å². The molecule has 1 aliphatic rings. The number of rotatable bonds is 6. The van der Waals surface area contributed by atoms with Crippen molar-refractivity contribution in [1.29, 1.82) is 0 Å². The first-order valence-electron chi connectivity index (χ1n) is 9.09. The lowest BCUT2D eigenvalue weighted by Gasteiger charge is -2.36. The molecular formula is C20H27N3O2. The van der Waals surface area contributed by atoms with E-state index in [0.29, 0.717) is 6.04 Å². The van der Waals surface area contributed by atoms with Crippen LogP contribution in [0.15, 0.2) is 36.9 Å². The van der Waals surface area contributed by atoms with Crippen molar-refractivity contribution in [2.75, 3.05) is 13.2 Å². The molecule has 0 aliphatic carbocycles. The highest BCUT2D eigenvalue weighted by molar-refractivity contribution is 5.78. The van der Waals surface area contributed by atoms with Crippen LogP contribution in [0, 0.1) is 13.8 Å². The third kappa shape index (κ3) is 4.41. The molecular weight excluding hydrogens is 314 g/mol. The average molecular weight is 341 g/mol. The van der Waals surface area contributed by atoms with Gasteiger partial charge in [0.25, 0.3) is 5.91 Å². The van der Waals surface area contributed by atoms with Gasteiger partial charge in [-0.3, -0.25) is 4.79 Å². The smallest absolute Gasteiger partial charge is 0.260 e. The van der Waals surface area contributed by atoms with Crippen molar-refractivity contribution in [1.82, 2.24) is 14.5 Å². The number of aryl methyl sites for hydroxylation is 2. The van der Waals surface area contributed by atoms with Crippen LogP contribution in [-0.2, 0) is 11.3 Å². The third-order valence-electron chi connectivity index (χ3n) is 5.13. The van der Waals surface area contributed by atoms with E-state index in [1.54, 1.807) is 6.20 Å². The number of aromatic nitrogens is 2. The molecule has 3 rings (SSSR count). The van der Waals surface area contributed by atoms with Gasteiger partial charge in [0.2, 0.25) is 0 Å². The maximum Gasteiger partial charge on any atom is 0.260 e. The topological polar surface area (TPSA) is 47.4 Å². The van der Waals surface area contributed by atoms with Crippen LogP contribution in [0.5, 0.6) is 5.75 Å². The second-order valence-electron chi connectivity index (χ2n) is 6.81. The molecule has 134 valence electrons. The summed E-state index contributed by atoms with van der Waals surface area (Å²) in [5.74, 6) is 0.900. The Hall–Kier alpha value is -2.30. The third-order valence-corrected chi connectivity index (χ3v) is 5.13. The molecule has 0 saturated carbocycles. The van der Waals surface area contributed by atoms with Gasteiger partial charge in [-0.2, -0.15) is 0 Å². The molecule has 1 aromatic carbocycles. The Morgan fingerprint density at radius 2 is 2.20 bits per heavy atom. The van der Waals surface area contributed by atoms with Gasteiger partial charge in [0.15, 0.2) is 6.61 Å². The number of piperidine rings is 1. The van der Waals surface area contributed by atoms with Crippen LogP contribution in [0.3, 0.4) is 0 Å². The van der Waals surface area contributed by atoms with Crippen LogP contribution in [-0.4, -0.2) is 39.6 Å². The minimum atomic E-state index is 0.0937. The molecule has 0 bridgehead atoms. The SMILES string of the molecule is Cc1cccc(OCC(=O)N2CCCC[C@H]2CCn2ccnc2)c1C. The summed E-state index contributed by atoms with van der Waals surface area (Å²) in [6, 6.07) is 6.26. The highest BCUT2D eigenvalue weighted by Crippen LogP contribution is 2.23. The van der Waals surface area contributed by atoms with E-state index in [0.717, 1.165) is 43.7 Å². The number of hydrogen-bond donors (Lipinski definition) is 0. The largest absolute Gasteiger partial charge is 0.483 e. The van der Waals surface area contributed by atoms with Gasteiger partial charge in [-0.15, -0.1) is 0 Å². The minimum absolute atomic E-state index is 0.0937. The Bertz CT molecular complexity index is 697. The second-order valence-corrected chi connectivity index (χ2v) is 6.81. The Labute approximate surface area is 149 Å². The molecule has 1 aromatic heterocycles. The number of benzene rings is 1. The number of imidazole rings is 1. The Kier molecular flexibility index (Phi) is 5.74. The fraction of sp³-hybridized carbons (Fsp3) is 0.500. The number of hydrogen-bond acceptors (Lipinski definition) is 3. The van der Waals surface area contributed by atoms with E-state index >= 15 is 0 Å². The lowest BCUT2D eigenvalue weighted by molar-refractivity contribution is -0.137. The summed E-state index contributed by atoms with van der Waals surface area (Å²) in [5.41, 5.74) is 2.28. The number of amides is 1. The monoisotopic (exact) mass is 341 g/mol. The van der Waals surface area contributed by atoms with Gasteiger partial charge in [0.1, 0.15) is 5.75 Å².